The molecule has 2 nitrogen and oxygen atoms in total. The molecule has 0 bridgehead atoms. The normalized spacial score (nSPS) is 12.1. The molecule has 0 aromatic heterocycles. The van der Waals surface area contributed by atoms with E-state index < -0.39 is 0 Å². The average Bonchev–Trinajstić information content (AvgIpc) is 2.82. The summed E-state index contributed by atoms with van der Waals surface area (Å²) in [4.78, 5) is 10.2. The van der Waals surface area contributed by atoms with Crippen LogP contribution in [0.3, 0.4) is 0 Å². The van der Waals surface area contributed by atoms with E-state index in [-0.39, 0.29) is 20.4 Å². The Kier molecular flexibility index (Phi) is 16.0. The van der Waals surface area contributed by atoms with Crippen molar-refractivity contribution in [2.45, 2.75) is 119 Å². The summed E-state index contributed by atoms with van der Waals surface area (Å²) in [5.41, 5.74) is 10.2. The van der Waals surface area contributed by atoms with Gasteiger partial charge in [-0.05, 0) is 92.0 Å². The first-order chi connectivity index (χ1) is 16.6. The Morgan fingerprint density at radius 1 is 0.571 bits per heavy atom. The van der Waals surface area contributed by atoms with Crippen LogP contribution < -0.4 is 0 Å². The van der Waals surface area contributed by atoms with Crippen molar-refractivity contribution in [3.63, 3.8) is 0 Å². The molecule has 0 radical (unpaired) electrons. The molecule has 0 aliphatic rings. The largest absolute Gasteiger partial charge is 0.252 e. The summed E-state index contributed by atoms with van der Waals surface area (Å²) in [5, 5.41) is 0. The minimum absolute atomic E-state index is 0. The first-order valence-corrected chi connectivity index (χ1v) is 13.9. The molecule has 196 valence electrons. The van der Waals surface area contributed by atoms with Crippen LogP contribution in [-0.4, -0.2) is 11.4 Å². The molecule has 0 N–H and O–H groups in total. The second-order valence-electron chi connectivity index (χ2n) is 9.62. The van der Waals surface area contributed by atoms with Gasteiger partial charge in [0.1, 0.15) is 0 Å². The maximum Gasteiger partial charge on any atom is 0.0636 e. The van der Waals surface area contributed by atoms with Gasteiger partial charge in [0.2, 0.25) is 0 Å². The van der Waals surface area contributed by atoms with Gasteiger partial charge in [-0.2, -0.15) is 0 Å². The van der Waals surface area contributed by atoms with E-state index >= 15 is 0 Å². The number of hydrogen-bond acceptors (Lipinski definition) is 2. The third-order valence-electron chi connectivity index (χ3n) is 6.45. The fourth-order valence-corrected chi connectivity index (χ4v) is 4.67. The summed E-state index contributed by atoms with van der Waals surface area (Å²) in [6, 6.07) is 13.6. The number of hydrogen-bond donors (Lipinski definition) is 0. The van der Waals surface area contributed by atoms with Gasteiger partial charge in [-0.1, -0.05) is 85.3 Å². The molecular weight excluding hydrogens is 519 g/mol. The van der Waals surface area contributed by atoms with Crippen molar-refractivity contribution in [3.05, 3.63) is 58.7 Å². The quantitative estimate of drug-likeness (QED) is 0.116. The van der Waals surface area contributed by atoms with Crippen molar-refractivity contribution in [3.8, 4) is 0 Å². The zero-order chi connectivity index (χ0) is 24.8. The van der Waals surface area contributed by atoms with Crippen molar-refractivity contribution in [1.82, 2.24) is 0 Å². The Bertz CT molecular complexity index is 943. The molecule has 2 rings (SSSR count). The van der Waals surface area contributed by atoms with Crippen LogP contribution in [0.15, 0.2) is 46.4 Å². The van der Waals surface area contributed by atoms with Crippen molar-refractivity contribution in [2.75, 3.05) is 0 Å². The second kappa shape index (κ2) is 17.8. The maximum absolute atomic E-state index is 5.16. The number of nitrogens with zero attached hydrogens (tertiary/aromatic N) is 2. The van der Waals surface area contributed by atoms with E-state index in [0.29, 0.717) is 0 Å². The van der Waals surface area contributed by atoms with Crippen LogP contribution >= 0.6 is 0 Å². The molecular formula is C32H48N2Pd. The average molecular weight is 567 g/mol. The van der Waals surface area contributed by atoms with E-state index in [4.69, 9.17) is 9.98 Å². The van der Waals surface area contributed by atoms with Gasteiger partial charge < -0.3 is 0 Å². The van der Waals surface area contributed by atoms with Crippen molar-refractivity contribution in [1.29, 1.82) is 0 Å². The third kappa shape index (κ3) is 10.5. The molecule has 0 saturated heterocycles. The monoisotopic (exact) mass is 566 g/mol. The molecule has 35 heavy (non-hydrogen) atoms. The standard InChI is InChI=1S/C32H48N2.Pd/c1-7-12-13-18-32(34-31-22-20-27(15-9-3)29(24-31)17-11-5)25(6)33-30-21-19-26(14-8-2)28(23-30)16-10-4;/h19-24H,7-18H2,1-6H3;. The Labute approximate surface area is 229 Å². The molecule has 2 aromatic carbocycles. The van der Waals surface area contributed by atoms with Gasteiger partial charge in [-0.15, -0.1) is 0 Å². The Balaban J connectivity index is 0.00000612. The fraction of sp³-hybridized carbons (Fsp3) is 0.562. The number of benzene rings is 2. The van der Waals surface area contributed by atoms with Crippen LogP contribution in [0.4, 0.5) is 11.4 Å². The summed E-state index contributed by atoms with van der Waals surface area (Å²) < 4.78 is 0. The van der Waals surface area contributed by atoms with Crippen molar-refractivity contribution < 1.29 is 20.4 Å². The summed E-state index contributed by atoms with van der Waals surface area (Å²) in [5.74, 6) is 0. The van der Waals surface area contributed by atoms with Gasteiger partial charge >= 0.3 is 0 Å². The van der Waals surface area contributed by atoms with Crippen LogP contribution in [0.2, 0.25) is 0 Å². The molecule has 0 atom stereocenters. The summed E-state index contributed by atoms with van der Waals surface area (Å²) in [7, 11) is 0. The Morgan fingerprint density at radius 3 is 1.49 bits per heavy atom. The van der Waals surface area contributed by atoms with Crippen LogP contribution in [0.1, 0.15) is 115 Å². The maximum atomic E-state index is 5.16. The van der Waals surface area contributed by atoms with Gasteiger partial charge in [0, 0.05) is 20.4 Å². The van der Waals surface area contributed by atoms with E-state index in [2.05, 4.69) is 77.9 Å². The van der Waals surface area contributed by atoms with Crippen LogP contribution in [0.25, 0.3) is 0 Å². The SMILES string of the molecule is CCCCCC(=Nc1ccc(CCC)c(CCC)c1)C(C)=Nc1ccc(CCC)c(CCC)c1.[Pd]. The molecule has 0 spiro atoms. The minimum Gasteiger partial charge on any atom is -0.252 e. The van der Waals surface area contributed by atoms with Crippen molar-refractivity contribution in [2.24, 2.45) is 9.98 Å². The first kappa shape index (κ1) is 31.5. The molecule has 0 heterocycles. The number of unbranched alkanes of at least 4 members (excludes halogenated alkanes) is 2. The van der Waals surface area contributed by atoms with Crippen LogP contribution in [-0.2, 0) is 46.1 Å². The zero-order valence-electron chi connectivity index (χ0n) is 23.2. The first-order valence-electron chi connectivity index (χ1n) is 13.9. The van der Waals surface area contributed by atoms with E-state index in [1.54, 1.807) is 0 Å². The zero-order valence-corrected chi connectivity index (χ0v) is 24.7. The van der Waals surface area contributed by atoms with Gasteiger partial charge in [0.05, 0.1) is 22.8 Å². The van der Waals surface area contributed by atoms with Gasteiger partial charge in [-0.25, -0.2) is 0 Å². The van der Waals surface area contributed by atoms with Crippen LogP contribution in [0.5, 0.6) is 0 Å². The Hall–Kier alpha value is -1.56. The number of rotatable bonds is 15. The molecule has 0 saturated carbocycles. The number of aryl methyl sites for hydroxylation is 4. The summed E-state index contributed by atoms with van der Waals surface area (Å²) in [6.07, 6.45) is 13.8. The predicted octanol–water partition coefficient (Wildman–Crippen LogP) is 9.94. The third-order valence-corrected chi connectivity index (χ3v) is 6.45. The molecule has 3 heteroatoms. The number of aliphatic imine (C=N–C) groups is 2. The second-order valence-corrected chi connectivity index (χ2v) is 9.62. The predicted molar refractivity (Wildman–Crippen MR) is 153 cm³/mol. The topological polar surface area (TPSA) is 24.7 Å². The molecule has 0 aliphatic carbocycles. The van der Waals surface area contributed by atoms with E-state index in [0.717, 1.165) is 61.3 Å². The smallest absolute Gasteiger partial charge is 0.0636 e. The molecule has 0 unspecified atom stereocenters. The van der Waals surface area contributed by atoms with E-state index in [1.807, 2.05) is 0 Å². The van der Waals surface area contributed by atoms with Crippen LogP contribution in [0, 0.1) is 0 Å². The van der Waals surface area contributed by atoms with E-state index in [1.165, 1.54) is 60.8 Å². The summed E-state index contributed by atoms with van der Waals surface area (Å²) >= 11 is 0. The summed E-state index contributed by atoms with van der Waals surface area (Å²) in [6.45, 7) is 13.4. The van der Waals surface area contributed by atoms with Gasteiger partial charge in [0.15, 0.2) is 0 Å². The molecule has 0 amide bonds. The fourth-order valence-electron chi connectivity index (χ4n) is 4.67. The molecule has 0 fully saturated rings. The van der Waals surface area contributed by atoms with Crippen molar-refractivity contribution >= 4 is 22.8 Å². The van der Waals surface area contributed by atoms with Gasteiger partial charge in [0.25, 0.3) is 0 Å². The molecule has 0 aliphatic heterocycles. The Morgan fingerprint density at radius 2 is 1.03 bits per heavy atom. The van der Waals surface area contributed by atoms with Gasteiger partial charge in [-0.3, -0.25) is 9.98 Å². The molecule has 2 aromatic rings. The minimum atomic E-state index is 0. The van der Waals surface area contributed by atoms with E-state index in [9.17, 15) is 0 Å².